The van der Waals surface area contributed by atoms with Crippen LogP contribution >= 0.6 is 0 Å². The van der Waals surface area contributed by atoms with Crippen molar-refractivity contribution in [3.63, 3.8) is 0 Å². The maximum absolute atomic E-state index is 12.3. The van der Waals surface area contributed by atoms with E-state index < -0.39 is 14.9 Å². The molecule has 0 saturated heterocycles. The summed E-state index contributed by atoms with van der Waals surface area (Å²) >= 11 is 0. The van der Waals surface area contributed by atoms with Crippen LogP contribution in [0.5, 0.6) is 0 Å². The molecule has 152 valence electrons. The molecule has 1 aromatic heterocycles. The van der Waals surface area contributed by atoms with E-state index in [9.17, 15) is 18.5 Å². The van der Waals surface area contributed by atoms with E-state index in [1.54, 1.807) is 10.9 Å². The fourth-order valence-electron chi connectivity index (χ4n) is 2.27. The SMILES string of the molecule is CCNC(=NCc1ccnn1C)NCCNS(=O)(=O)c1cccc([N+](=O)[O-])c1. The van der Waals surface area contributed by atoms with Crippen LogP contribution in [-0.4, -0.2) is 48.7 Å². The highest BCUT2D eigenvalue weighted by atomic mass is 32.2. The molecule has 0 unspecified atom stereocenters. The standard InChI is InChI=1S/C16H23N7O4S/c1-3-17-16(19-12-14-7-8-20-22(14)2)18-9-10-21-28(26,27)15-6-4-5-13(11-15)23(24)25/h4-8,11,21H,3,9-10,12H2,1-2H3,(H2,17,18,19). The van der Waals surface area contributed by atoms with E-state index in [4.69, 9.17) is 0 Å². The van der Waals surface area contributed by atoms with Crippen LogP contribution in [-0.2, 0) is 23.6 Å². The molecule has 1 aromatic carbocycles. The average Bonchev–Trinajstić information content (AvgIpc) is 3.08. The number of aromatic nitrogens is 2. The van der Waals surface area contributed by atoms with Gasteiger partial charge in [-0.25, -0.2) is 18.1 Å². The molecule has 1 heterocycles. The quantitative estimate of drug-likeness (QED) is 0.178. The van der Waals surface area contributed by atoms with Crippen molar-refractivity contribution in [1.82, 2.24) is 25.1 Å². The molecule has 0 saturated carbocycles. The number of non-ortho nitro benzene ring substituents is 1. The fraction of sp³-hybridized carbons (Fsp3) is 0.375. The Balaban J connectivity index is 1.90. The third-order valence-electron chi connectivity index (χ3n) is 3.71. The first-order chi connectivity index (χ1) is 13.3. The summed E-state index contributed by atoms with van der Waals surface area (Å²) in [4.78, 5) is 14.4. The van der Waals surface area contributed by atoms with Gasteiger partial charge in [-0.1, -0.05) is 6.07 Å². The van der Waals surface area contributed by atoms with Crippen LogP contribution in [0.25, 0.3) is 0 Å². The number of nitro groups is 1. The van der Waals surface area contributed by atoms with Crippen molar-refractivity contribution in [3.05, 3.63) is 52.3 Å². The van der Waals surface area contributed by atoms with Crippen molar-refractivity contribution in [1.29, 1.82) is 0 Å². The highest BCUT2D eigenvalue weighted by molar-refractivity contribution is 7.89. The van der Waals surface area contributed by atoms with Crippen molar-refractivity contribution in [2.75, 3.05) is 19.6 Å². The Morgan fingerprint density at radius 1 is 1.29 bits per heavy atom. The second-order valence-corrected chi connectivity index (χ2v) is 7.49. The number of aliphatic imine (C=N–C) groups is 1. The van der Waals surface area contributed by atoms with Gasteiger partial charge in [-0.15, -0.1) is 0 Å². The maximum Gasteiger partial charge on any atom is 0.270 e. The van der Waals surface area contributed by atoms with Gasteiger partial charge in [-0.05, 0) is 19.1 Å². The Bertz CT molecular complexity index is 940. The van der Waals surface area contributed by atoms with E-state index in [2.05, 4.69) is 25.4 Å². The van der Waals surface area contributed by atoms with Crippen LogP contribution in [0.1, 0.15) is 12.6 Å². The van der Waals surface area contributed by atoms with Crippen LogP contribution in [0.2, 0.25) is 0 Å². The fourth-order valence-corrected chi connectivity index (χ4v) is 3.34. The molecule has 0 spiro atoms. The number of nitro benzene ring substituents is 1. The number of nitrogens with zero attached hydrogens (tertiary/aromatic N) is 4. The third kappa shape index (κ3) is 6.03. The number of hydrogen-bond acceptors (Lipinski definition) is 6. The molecule has 0 aliphatic heterocycles. The molecule has 0 fully saturated rings. The summed E-state index contributed by atoms with van der Waals surface area (Å²) in [5.41, 5.74) is 0.654. The second-order valence-electron chi connectivity index (χ2n) is 5.72. The molecule has 2 aromatic rings. The van der Waals surface area contributed by atoms with Gasteiger partial charge < -0.3 is 10.6 Å². The van der Waals surface area contributed by atoms with Gasteiger partial charge in [0, 0.05) is 45.0 Å². The van der Waals surface area contributed by atoms with Crippen molar-refractivity contribution in [3.8, 4) is 0 Å². The molecule has 0 amide bonds. The first-order valence-corrected chi connectivity index (χ1v) is 10.0. The molecule has 28 heavy (non-hydrogen) atoms. The number of benzene rings is 1. The summed E-state index contributed by atoms with van der Waals surface area (Å²) in [6.07, 6.45) is 1.69. The van der Waals surface area contributed by atoms with Gasteiger partial charge in [0.2, 0.25) is 10.0 Å². The van der Waals surface area contributed by atoms with Gasteiger partial charge in [0.1, 0.15) is 0 Å². The lowest BCUT2D eigenvalue weighted by atomic mass is 10.3. The highest BCUT2D eigenvalue weighted by Crippen LogP contribution is 2.16. The van der Waals surface area contributed by atoms with Gasteiger partial charge in [0.15, 0.2) is 5.96 Å². The zero-order chi connectivity index (χ0) is 20.6. The van der Waals surface area contributed by atoms with E-state index in [0.717, 1.165) is 11.8 Å². The number of aryl methyl sites for hydroxylation is 1. The molecule has 11 nitrogen and oxygen atoms in total. The van der Waals surface area contributed by atoms with E-state index in [1.165, 1.54) is 18.2 Å². The van der Waals surface area contributed by atoms with Crippen LogP contribution in [0.4, 0.5) is 5.69 Å². The molecule has 0 bridgehead atoms. The Kier molecular flexibility index (Phi) is 7.46. The predicted molar refractivity (Wildman–Crippen MR) is 104 cm³/mol. The van der Waals surface area contributed by atoms with E-state index in [1.807, 2.05) is 20.0 Å². The van der Waals surface area contributed by atoms with Crippen molar-refractivity contribution < 1.29 is 13.3 Å². The minimum atomic E-state index is -3.85. The molecular formula is C16H23N7O4S. The van der Waals surface area contributed by atoms with Gasteiger partial charge >= 0.3 is 0 Å². The molecule has 2 rings (SSSR count). The monoisotopic (exact) mass is 409 g/mol. The highest BCUT2D eigenvalue weighted by Gasteiger charge is 2.17. The number of hydrogen-bond donors (Lipinski definition) is 3. The first kappa shape index (κ1) is 21.3. The minimum absolute atomic E-state index is 0.0845. The molecule has 0 aliphatic carbocycles. The number of guanidine groups is 1. The lowest BCUT2D eigenvalue weighted by Gasteiger charge is -2.12. The van der Waals surface area contributed by atoms with Gasteiger partial charge in [0.05, 0.1) is 22.1 Å². The van der Waals surface area contributed by atoms with E-state index in [0.29, 0.717) is 19.0 Å². The molecule has 0 radical (unpaired) electrons. The summed E-state index contributed by atoms with van der Waals surface area (Å²) in [6, 6.07) is 6.76. The number of nitrogens with one attached hydrogen (secondary N) is 3. The Morgan fingerprint density at radius 2 is 2.07 bits per heavy atom. The third-order valence-corrected chi connectivity index (χ3v) is 5.17. The zero-order valence-corrected chi connectivity index (χ0v) is 16.4. The van der Waals surface area contributed by atoms with Gasteiger partial charge in [0.25, 0.3) is 5.69 Å². The first-order valence-electron chi connectivity index (χ1n) is 8.56. The molecular weight excluding hydrogens is 386 g/mol. The summed E-state index contributed by atoms with van der Waals surface area (Å²) in [5.74, 6) is 0.540. The Morgan fingerprint density at radius 3 is 2.71 bits per heavy atom. The normalized spacial score (nSPS) is 12.0. The van der Waals surface area contributed by atoms with Crippen LogP contribution < -0.4 is 15.4 Å². The van der Waals surface area contributed by atoms with Crippen molar-refractivity contribution in [2.24, 2.45) is 12.0 Å². The molecule has 12 heteroatoms. The predicted octanol–water partition coefficient (Wildman–Crippen LogP) is 0.362. The largest absolute Gasteiger partial charge is 0.357 e. The lowest BCUT2D eigenvalue weighted by Crippen LogP contribution is -2.41. The summed E-state index contributed by atoms with van der Waals surface area (Å²) in [5, 5.41) is 21.0. The number of sulfonamides is 1. The Hall–Kier alpha value is -2.99. The van der Waals surface area contributed by atoms with E-state index in [-0.39, 0.29) is 23.7 Å². The molecule has 3 N–H and O–H groups in total. The smallest absolute Gasteiger partial charge is 0.270 e. The molecule has 0 atom stereocenters. The van der Waals surface area contributed by atoms with Crippen LogP contribution in [0.3, 0.4) is 0 Å². The van der Waals surface area contributed by atoms with Gasteiger partial charge in [-0.3, -0.25) is 14.8 Å². The summed E-state index contributed by atoms with van der Waals surface area (Å²) < 4.78 is 28.7. The maximum atomic E-state index is 12.3. The lowest BCUT2D eigenvalue weighted by molar-refractivity contribution is -0.385. The number of rotatable bonds is 9. The average molecular weight is 409 g/mol. The Labute approximate surface area is 163 Å². The summed E-state index contributed by atoms with van der Waals surface area (Å²) in [6.45, 7) is 3.36. The van der Waals surface area contributed by atoms with Crippen LogP contribution in [0.15, 0.2) is 46.4 Å². The van der Waals surface area contributed by atoms with Gasteiger partial charge in [-0.2, -0.15) is 5.10 Å². The second kappa shape index (κ2) is 9.80. The minimum Gasteiger partial charge on any atom is -0.357 e. The van der Waals surface area contributed by atoms with Crippen molar-refractivity contribution in [2.45, 2.75) is 18.4 Å². The van der Waals surface area contributed by atoms with Crippen LogP contribution in [0, 0.1) is 10.1 Å². The topological polar surface area (TPSA) is 144 Å². The van der Waals surface area contributed by atoms with E-state index >= 15 is 0 Å². The summed E-state index contributed by atoms with van der Waals surface area (Å²) in [7, 11) is -2.02. The zero-order valence-electron chi connectivity index (χ0n) is 15.6. The van der Waals surface area contributed by atoms with Crippen molar-refractivity contribution >= 4 is 21.7 Å². The molecule has 0 aliphatic rings.